The van der Waals surface area contributed by atoms with Crippen molar-refractivity contribution in [2.75, 3.05) is 33.7 Å². The van der Waals surface area contributed by atoms with Gasteiger partial charge in [-0.3, -0.25) is 4.99 Å². The molecule has 0 heterocycles. The predicted octanol–water partition coefficient (Wildman–Crippen LogP) is 3.24. The van der Waals surface area contributed by atoms with E-state index in [1.165, 1.54) is 5.56 Å². The Balaban J connectivity index is 0.00000529. The van der Waals surface area contributed by atoms with Crippen molar-refractivity contribution in [2.24, 2.45) is 4.99 Å². The summed E-state index contributed by atoms with van der Waals surface area (Å²) in [5.74, 6) is 0.403. The Labute approximate surface area is 158 Å². The summed E-state index contributed by atoms with van der Waals surface area (Å²) in [5.41, 5.74) is 1.26. The minimum atomic E-state index is -4.15. The molecule has 2 N–H and O–H groups in total. The van der Waals surface area contributed by atoms with Crippen LogP contribution in [0.15, 0.2) is 35.3 Å². The molecule has 0 spiro atoms. The van der Waals surface area contributed by atoms with Gasteiger partial charge in [0.15, 0.2) is 5.96 Å². The zero-order valence-corrected chi connectivity index (χ0v) is 16.4. The third-order valence-corrected chi connectivity index (χ3v) is 3.23. The largest absolute Gasteiger partial charge is 0.390 e. The van der Waals surface area contributed by atoms with Crippen molar-refractivity contribution < 1.29 is 13.2 Å². The summed E-state index contributed by atoms with van der Waals surface area (Å²) in [6.45, 7) is 2.25. The number of benzene rings is 1. The van der Waals surface area contributed by atoms with E-state index in [0.717, 1.165) is 19.5 Å². The number of hydrogen-bond acceptors (Lipinski definition) is 2. The molecule has 0 saturated heterocycles. The fraction of sp³-hybridized carbons (Fsp3) is 0.562. The quantitative estimate of drug-likeness (QED) is 0.272. The fourth-order valence-corrected chi connectivity index (χ4v) is 2.07. The molecule has 4 nitrogen and oxygen atoms in total. The van der Waals surface area contributed by atoms with E-state index in [4.69, 9.17) is 0 Å². The van der Waals surface area contributed by atoms with E-state index in [-0.39, 0.29) is 30.5 Å². The van der Waals surface area contributed by atoms with Crippen LogP contribution >= 0.6 is 24.0 Å². The van der Waals surface area contributed by atoms with Crippen LogP contribution in [0.2, 0.25) is 0 Å². The highest BCUT2D eigenvalue weighted by atomic mass is 127. The molecule has 0 atom stereocenters. The summed E-state index contributed by atoms with van der Waals surface area (Å²) in [6, 6.07) is 10.2. The lowest BCUT2D eigenvalue weighted by Crippen LogP contribution is -2.39. The van der Waals surface area contributed by atoms with Gasteiger partial charge < -0.3 is 15.5 Å². The second-order valence-electron chi connectivity index (χ2n) is 5.37. The van der Waals surface area contributed by atoms with Gasteiger partial charge in [-0.2, -0.15) is 13.2 Å². The molecule has 0 aliphatic carbocycles. The van der Waals surface area contributed by atoms with Gasteiger partial charge >= 0.3 is 6.18 Å². The Hall–Kier alpha value is -1.03. The molecule has 138 valence electrons. The summed E-state index contributed by atoms with van der Waals surface area (Å²) in [6.07, 6.45) is -4.14. The first-order chi connectivity index (χ1) is 10.9. The van der Waals surface area contributed by atoms with Gasteiger partial charge in [-0.15, -0.1) is 24.0 Å². The maximum atomic E-state index is 12.1. The number of alkyl halides is 3. The summed E-state index contributed by atoms with van der Waals surface area (Å²) in [5, 5.41) is 5.68. The van der Waals surface area contributed by atoms with Gasteiger partial charge in [0.2, 0.25) is 0 Å². The van der Waals surface area contributed by atoms with Crippen LogP contribution in [-0.4, -0.2) is 50.8 Å². The highest BCUT2D eigenvalue weighted by molar-refractivity contribution is 14.0. The third kappa shape index (κ3) is 11.5. The maximum Gasteiger partial charge on any atom is 0.390 e. The van der Waals surface area contributed by atoms with Crippen LogP contribution in [0.25, 0.3) is 0 Å². The first-order valence-corrected chi connectivity index (χ1v) is 7.64. The van der Waals surface area contributed by atoms with Gasteiger partial charge in [0.25, 0.3) is 0 Å². The summed E-state index contributed by atoms with van der Waals surface area (Å²) < 4.78 is 36.2. The number of rotatable bonds is 8. The fourth-order valence-electron chi connectivity index (χ4n) is 2.07. The Bertz CT molecular complexity index is 466. The molecule has 1 aromatic rings. The molecule has 0 saturated carbocycles. The van der Waals surface area contributed by atoms with Crippen molar-refractivity contribution in [3.8, 4) is 0 Å². The van der Waals surface area contributed by atoms with Gasteiger partial charge in [0.05, 0.1) is 6.42 Å². The van der Waals surface area contributed by atoms with E-state index in [1.807, 2.05) is 25.2 Å². The molecule has 1 rings (SSSR count). The van der Waals surface area contributed by atoms with E-state index >= 15 is 0 Å². The van der Waals surface area contributed by atoms with Crippen LogP contribution in [-0.2, 0) is 6.54 Å². The molecule has 1 aromatic carbocycles. The molecule has 0 aromatic heterocycles. The summed E-state index contributed by atoms with van der Waals surface area (Å²) in [4.78, 5) is 6.11. The van der Waals surface area contributed by atoms with Crippen molar-refractivity contribution in [2.45, 2.75) is 25.6 Å². The smallest absolute Gasteiger partial charge is 0.356 e. The molecular formula is C16H26F3IN4. The molecule has 0 aliphatic rings. The SMILES string of the molecule is CN=C(NCCCN(C)Cc1ccccc1)NCCC(F)(F)F.I. The Morgan fingerprint density at radius 2 is 1.75 bits per heavy atom. The van der Waals surface area contributed by atoms with Crippen LogP contribution in [0, 0.1) is 0 Å². The average Bonchev–Trinajstić information content (AvgIpc) is 2.49. The lowest BCUT2D eigenvalue weighted by atomic mass is 10.2. The molecule has 24 heavy (non-hydrogen) atoms. The van der Waals surface area contributed by atoms with Crippen molar-refractivity contribution in [1.29, 1.82) is 0 Å². The Kier molecular flexibility index (Phi) is 11.8. The van der Waals surface area contributed by atoms with E-state index < -0.39 is 12.6 Å². The first-order valence-electron chi connectivity index (χ1n) is 7.64. The zero-order valence-electron chi connectivity index (χ0n) is 14.1. The normalized spacial score (nSPS) is 12.0. The molecule has 8 heteroatoms. The van der Waals surface area contributed by atoms with Crippen molar-refractivity contribution in [3.05, 3.63) is 35.9 Å². The standard InChI is InChI=1S/C16H25F3N4.HI/c1-20-15(22-11-9-16(17,18)19)21-10-6-12-23(2)13-14-7-4-3-5-8-14;/h3-5,7-8H,6,9-13H2,1-2H3,(H2,20,21,22);1H. The zero-order chi connectivity index (χ0) is 17.1. The highest BCUT2D eigenvalue weighted by Gasteiger charge is 2.26. The maximum absolute atomic E-state index is 12.1. The monoisotopic (exact) mass is 458 g/mol. The second kappa shape index (κ2) is 12.3. The van der Waals surface area contributed by atoms with Crippen LogP contribution < -0.4 is 10.6 Å². The molecule has 0 aliphatic heterocycles. The topological polar surface area (TPSA) is 39.7 Å². The van der Waals surface area contributed by atoms with Gasteiger partial charge in [-0.25, -0.2) is 0 Å². The Morgan fingerprint density at radius 1 is 1.12 bits per heavy atom. The number of nitrogens with one attached hydrogen (secondary N) is 2. The molecular weight excluding hydrogens is 432 g/mol. The van der Waals surface area contributed by atoms with Crippen LogP contribution in [0.4, 0.5) is 13.2 Å². The molecule has 0 fully saturated rings. The molecule has 0 unspecified atom stereocenters. The Morgan fingerprint density at radius 3 is 2.33 bits per heavy atom. The molecule has 0 radical (unpaired) electrons. The van der Waals surface area contributed by atoms with Crippen molar-refractivity contribution >= 4 is 29.9 Å². The minimum absolute atomic E-state index is 0. The van der Waals surface area contributed by atoms with E-state index in [1.54, 1.807) is 7.05 Å². The van der Waals surface area contributed by atoms with Gasteiger partial charge in [-0.05, 0) is 25.6 Å². The lowest BCUT2D eigenvalue weighted by Gasteiger charge is -2.17. The van der Waals surface area contributed by atoms with Gasteiger partial charge in [-0.1, -0.05) is 30.3 Å². The lowest BCUT2D eigenvalue weighted by molar-refractivity contribution is -0.132. The minimum Gasteiger partial charge on any atom is -0.356 e. The summed E-state index contributed by atoms with van der Waals surface area (Å²) in [7, 11) is 3.59. The number of aliphatic imine (C=N–C) groups is 1. The molecule has 0 bridgehead atoms. The van der Waals surface area contributed by atoms with Crippen LogP contribution in [0.1, 0.15) is 18.4 Å². The number of hydrogen-bond donors (Lipinski definition) is 2. The predicted molar refractivity (Wildman–Crippen MR) is 103 cm³/mol. The second-order valence-corrected chi connectivity index (χ2v) is 5.37. The third-order valence-electron chi connectivity index (χ3n) is 3.23. The van der Waals surface area contributed by atoms with Crippen molar-refractivity contribution in [3.63, 3.8) is 0 Å². The number of halogens is 4. The van der Waals surface area contributed by atoms with Crippen LogP contribution in [0.5, 0.6) is 0 Å². The van der Waals surface area contributed by atoms with E-state index in [9.17, 15) is 13.2 Å². The first kappa shape index (κ1) is 23.0. The molecule has 0 amide bonds. The van der Waals surface area contributed by atoms with E-state index in [0.29, 0.717) is 12.5 Å². The van der Waals surface area contributed by atoms with E-state index in [2.05, 4.69) is 32.7 Å². The van der Waals surface area contributed by atoms with Crippen molar-refractivity contribution in [1.82, 2.24) is 15.5 Å². The van der Waals surface area contributed by atoms with Gasteiger partial charge in [0, 0.05) is 26.7 Å². The number of nitrogens with zero attached hydrogens (tertiary/aromatic N) is 2. The number of guanidine groups is 1. The average molecular weight is 458 g/mol. The highest BCUT2D eigenvalue weighted by Crippen LogP contribution is 2.17. The van der Waals surface area contributed by atoms with Crippen LogP contribution in [0.3, 0.4) is 0 Å². The summed E-state index contributed by atoms with van der Waals surface area (Å²) >= 11 is 0. The van der Waals surface area contributed by atoms with Gasteiger partial charge in [0.1, 0.15) is 0 Å².